The molecule has 138 valence electrons. The Morgan fingerprint density at radius 3 is 2.56 bits per heavy atom. The first kappa shape index (κ1) is 19.2. The van der Waals surface area contributed by atoms with E-state index in [4.69, 9.17) is 11.6 Å². The Hall–Kier alpha value is -2.55. The van der Waals surface area contributed by atoms with E-state index in [1.165, 1.54) is 11.3 Å². The number of benzene rings is 2. The lowest BCUT2D eigenvalue weighted by Crippen LogP contribution is -2.19. The second-order valence-electron chi connectivity index (χ2n) is 5.31. The molecule has 3 rings (SSSR count). The fourth-order valence-electron chi connectivity index (χ4n) is 2.12. The third-order valence-electron chi connectivity index (χ3n) is 3.39. The Labute approximate surface area is 169 Å². The summed E-state index contributed by atoms with van der Waals surface area (Å²) in [4.78, 5) is 29.5. The minimum Gasteiger partial charge on any atom is -0.321 e. The summed E-state index contributed by atoms with van der Waals surface area (Å²) in [5.41, 5.74) is 1.52. The zero-order valence-electron chi connectivity index (χ0n) is 14.2. The van der Waals surface area contributed by atoms with Crippen molar-refractivity contribution in [3.8, 4) is 0 Å². The number of thioether (sulfide) groups is 1. The number of thiazole rings is 1. The van der Waals surface area contributed by atoms with Gasteiger partial charge in [-0.15, -0.1) is 23.1 Å². The molecule has 0 saturated carbocycles. The van der Waals surface area contributed by atoms with Crippen LogP contribution in [0, 0.1) is 0 Å². The lowest BCUT2D eigenvalue weighted by Gasteiger charge is -2.05. The van der Waals surface area contributed by atoms with Crippen LogP contribution in [0.3, 0.4) is 0 Å². The van der Waals surface area contributed by atoms with Gasteiger partial charge in [-0.25, -0.2) is 9.78 Å². The van der Waals surface area contributed by atoms with E-state index < -0.39 is 6.03 Å². The van der Waals surface area contributed by atoms with Gasteiger partial charge in [0.05, 0.1) is 0 Å². The van der Waals surface area contributed by atoms with Crippen molar-refractivity contribution in [2.24, 2.45) is 0 Å². The average Bonchev–Trinajstić information content (AvgIpc) is 3.12. The average molecular weight is 419 g/mol. The number of nitrogens with one attached hydrogen (secondary N) is 3. The van der Waals surface area contributed by atoms with Crippen molar-refractivity contribution in [3.63, 3.8) is 0 Å². The summed E-state index contributed by atoms with van der Waals surface area (Å²) in [6.07, 6.45) is 1.97. The maximum atomic E-state index is 12.3. The number of carbonyl (C=O) groups excluding carboxylic acids is 2. The van der Waals surface area contributed by atoms with Crippen LogP contribution >= 0.6 is 34.7 Å². The van der Waals surface area contributed by atoms with E-state index in [1.54, 1.807) is 41.4 Å². The normalized spacial score (nSPS) is 10.3. The maximum absolute atomic E-state index is 12.3. The Morgan fingerprint density at radius 1 is 1.04 bits per heavy atom. The summed E-state index contributed by atoms with van der Waals surface area (Å²) in [6, 6.07) is 13.8. The molecule has 0 aliphatic rings. The molecule has 0 atom stereocenters. The number of anilines is 3. The number of amides is 3. The summed E-state index contributed by atoms with van der Waals surface area (Å²) in [7, 11) is 0. The predicted octanol–water partition coefficient (Wildman–Crippen LogP) is 5.41. The van der Waals surface area contributed by atoms with Crippen molar-refractivity contribution in [2.45, 2.75) is 4.90 Å². The number of halogens is 1. The van der Waals surface area contributed by atoms with Gasteiger partial charge in [0, 0.05) is 26.7 Å². The zero-order valence-corrected chi connectivity index (χ0v) is 16.5. The summed E-state index contributed by atoms with van der Waals surface area (Å²) in [5.74, 6) is -0.337. The molecule has 6 nitrogen and oxygen atoms in total. The number of hydrogen-bond donors (Lipinski definition) is 3. The van der Waals surface area contributed by atoms with Crippen molar-refractivity contribution < 1.29 is 9.59 Å². The number of hydrogen-bond acceptors (Lipinski definition) is 5. The van der Waals surface area contributed by atoms with Crippen molar-refractivity contribution in [3.05, 3.63) is 64.6 Å². The molecular weight excluding hydrogens is 404 g/mol. The Kier molecular flexibility index (Phi) is 6.33. The molecule has 3 amide bonds. The molecule has 0 spiro atoms. The molecule has 0 bridgehead atoms. The van der Waals surface area contributed by atoms with E-state index in [-0.39, 0.29) is 11.6 Å². The molecule has 3 N–H and O–H groups in total. The van der Waals surface area contributed by atoms with E-state index in [0.717, 1.165) is 4.90 Å². The molecule has 2 aromatic carbocycles. The standard InChI is InChI=1S/C18H15ClN4O2S2/c1-26-14-4-2-3-13(9-14)20-16(24)15-10-27-18(22-15)23-17(25)21-12-7-5-11(19)6-8-12/h2-10H,1H3,(H,20,24)(H2,21,22,23,25). The number of urea groups is 1. The van der Waals surface area contributed by atoms with Crippen molar-refractivity contribution in [1.29, 1.82) is 0 Å². The van der Waals surface area contributed by atoms with Crippen LogP contribution in [0.15, 0.2) is 58.8 Å². The Bertz CT molecular complexity index is 960. The highest BCUT2D eigenvalue weighted by atomic mass is 35.5. The number of carbonyl (C=O) groups is 2. The minimum atomic E-state index is -0.452. The van der Waals surface area contributed by atoms with Gasteiger partial charge in [0.15, 0.2) is 5.13 Å². The van der Waals surface area contributed by atoms with Gasteiger partial charge in [-0.05, 0) is 48.7 Å². The number of aromatic nitrogens is 1. The van der Waals surface area contributed by atoms with Crippen LogP contribution in [-0.2, 0) is 0 Å². The highest BCUT2D eigenvalue weighted by molar-refractivity contribution is 7.98. The highest BCUT2D eigenvalue weighted by Gasteiger charge is 2.13. The van der Waals surface area contributed by atoms with Gasteiger partial charge in [-0.1, -0.05) is 17.7 Å². The molecule has 0 unspecified atom stereocenters. The van der Waals surface area contributed by atoms with Gasteiger partial charge in [-0.2, -0.15) is 0 Å². The first-order valence-corrected chi connectivity index (χ1v) is 10.3. The van der Waals surface area contributed by atoms with Crippen LogP contribution in [0.5, 0.6) is 0 Å². The van der Waals surface area contributed by atoms with Crippen LogP contribution in [-0.4, -0.2) is 23.2 Å². The quantitative estimate of drug-likeness (QED) is 0.483. The van der Waals surface area contributed by atoms with Gasteiger partial charge < -0.3 is 10.6 Å². The Balaban J connectivity index is 1.59. The number of rotatable bonds is 5. The smallest absolute Gasteiger partial charge is 0.321 e. The largest absolute Gasteiger partial charge is 0.325 e. The van der Waals surface area contributed by atoms with Crippen molar-refractivity contribution in [1.82, 2.24) is 4.98 Å². The molecule has 1 aromatic heterocycles. The van der Waals surface area contributed by atoms with Crippen molar-refractivity contribution in [2.75, 3.05) is 22.2 Å². The molecule has 1 heterocycles. The molecule has 0 radical (unpaired) electrons. The summed E-state index contributed by atoms with van der Waals surface area (Å²) in [6.45, 7) is 0. The highest BCUT2D eigenvalue weighted by Crippen LogP contribution is 2.21. The van der Waals surface area contributed by atoms with Gasteiger partial charge in [0.1, 0.15) is 5.69 Å². The minimum absolute atomic E-state index is 0.233. The van der Waals surface area contributed by atoms with Gasteiger partial charge in [0.25, 0.3) is 5.91 Å². The van der Waals surface area contributed by atoms with Crippen LogP contribution in [0.25, 0.3) is 0 Å². The summed E-state index contributed by atoms with van der Waals surface area (Å²) in [5, 5.41) is 10.6. The first-order chi connectivity index (χ1) is 13.0. The molecular formula is C18H15ClN4O2S2. The van der Waals surface area contributed by atoms with Crippen LogP contribution in [0.4, 0.5) is 21.3 Å². The van der Waals surface area contributed by atoms with Crippen LogP contribution in [0.2, 0.25) is 5.02 Å². The van der Waals surface area contributed by atoms with E-state index in [2.05, 4.69) is 20.9 Å². The summed E-state index contributed by atoms with van der Waals surface area (Å²) >= 11 is 8.57. The van der Waals surface area contributed by atoms with Gasteiger partial charge in [-0.3, -0.25) is 10.1 Å². The van der Waals surface area contributed by atoms with E-state index in [9.17, 15) is 9.59 Å². The molecule has 9 heteroatoms. The van der Waals surface area contributed by atoms with E-state index in [0.29, 0.717) is 21.5 Å². The lowest BCUT2D eigenvalue weighted by atomic mass is 10.3. The second kappa shape index (κ2) is 8.90. The van der Waals surface area contributed by atoms with Crippen LogP contribution in [0.1, 0.15) is 10.5 Å². The van der Waals surface area contributed by atoms with Crippen LogP contribution < -0.4 is 16.0 Å². The first-order valence-electron chi connectivity index (χ1n) is 7.78. The molecule has 0 fully saturated rings. The molecule has 0 aliphatic heterocycles. The topological polar surface area (TPSA) is 83.1 Å². The SMILES string of the molecule is CSc1cccc(NC(=O)c2csc(NC(=O)Nc3ccc(Cl)cc3)n2)c1. The lowest BCUT2D eigenvalue weighted by molar-refractivity contribution is 0.102. The fraction of sp³-hybridized carbons (Fsp3) is 0.0556. The summed E-state index contributed by atoms with van der Waals surface area (Å²) < 4.78 is 0. The molecule has 0 aliphatic carbocycles. The third kappa shape index (κ3) is 5.46. The Morgan fingerprint density at radius 2 is 1.81 bits per heavy atom. The zero-order chi connectivity index (χ0) is 19.2. The molecule has 27 heavy (non-hydrogen) atoms. The monoisotopic (exact) mass is 418 g/mol. The molecule has 3 aromatic rings. The fourth-order valence-corrected chi connectivity index (χ4v) is 3.40. The number of nitrogens with zero attached hydrogens (tertiary/aromatic N) is 1. The second-order valence-corrected chi connectivity index (χ2v) is 7.48. The maximum Gasteiger partial charge on any atom is 0.325 e. The van der Waals surface area contributed by atoms with Gasteiger partial charge in [0.2, 0.25) is 0 Å². The predicted molar refractivity (Wildman–Crippen MR) is 112 cm³/mol. The van der Waals surface area contributed by atoms with E-state index in [1.807, 2.05) is 30.5 Å². The third-order valence-corrected chi connectivity index (χ3v) is 5.12. The van der Waals surface area contributed by atoms with Gasteiger partial charge >= 0.3 is 6.03 Å². The van der Waals surface area contributed by atoms with Crippen molar-refractivity contribution >= 4 is 63.1 Å². The van der Waals surface area contributed by atoms with E-state index >= 15 is 0 Å². The molecule has 0 saturated heterocycles.